The van der Waals surface area contributed by atoms with E-state index in [0.717, 1.165) is 23.7 Å². The van der Waals surface area contributed by atoms with Gasteiger partial charge in [-0.3, -0.25) is 29.4 Å². The third kappa shape index (κ3) is 2.54. The summed E-state index contributed by atoms with van der Waals surface area (Å²) >= 11 is 0. The lowest BCUT2D eigenvalue weighted by atomic mass is 10.0. The molecule has 3 fully saturated rings. The Morgan fingerprint density at radius 1 is 1.04 bits per heavy atom. The molecule has 0 aliphatic carbocycles. The fourth-order valence-electron chi connectivity index (χ4n) is 4.55. The van der Waals surface area contributed by atoms with E-state index in [-0.39, 0.29) is 30.9 Å². The first kappa shape index (κ1) is 17.3. The van der Waals surface area contributed by atoms with Crippen LogP contribution < -0.4 is 15.5 Å². The van der Waals surface area contributed by atoms with E-state index in [1.807, 2.05) is 6.07 Å². The van der Waals surface area contributed by atoms with Crippen LogP contribution in [0.15, 0.2) is 18.2 Å². The average Bonchev–Trinajstić information content (AvgIpc) is 3.26. The summed E-state index contributed by atoms with van der Waals surface area (Å²) in [4.78, 5) is 52.5. The predicted octanol–water partition coefficient (Wildman–Crippen LogP) is -0.735. The van der Waals surface area contributed by atoms with E-state index in [1.54, 1.807) is 12.1 Å². The molecule has 3 saturated heterocycles. The van der Waals surface area contributed by atoms with Gasteiger partial charge in [-0.25, -0.2) is 0 Å². The van der Waals surface area contributed by atoms with Crippen molar-refractivity contribution >= 4 is 29.3 Å². The van der Waals surface area contributed by atoms with E-state index < -0.39 is 23.8 Å². The number of morpholine rings is 1. The molecule has 9 nitrogen and oxygen atoms in total. The molecule has 5 rings (SSSR count). The second-order valence-electron chi connectivity index (χ2n) is 7.51. The van der Waals surface area contributed by atoms with Gasteiger partial charge in [0.25, 0.3) is 11.8 Å². The van der Waals surface area contributed by atoms with Crippen molar-refractivity contribution in [2.24, 2.45) is 0 Å². The minimum absolute atomic E-state index is 0.110. The van der Waals surface area contributed by atoms with Crippen LogP contribution >= 0.6 is 0 Å². The van der Waals surface area contributed by atoms with Crippen LogP contribution in [0.5, 0.6) is 0 Å². The molecular formula is C19H20N4O5. The van der Waals surface area contributed by atoms with Crippen molar-refractivity contribution in [1.29, 1.82) is 0 Å². The summed E-state index contributed by atoms with van der Waals surface area (Å²) in [5, 5.41) is 5.53. The Kier molecular flexibility index (Phi) is 3.95. The zero-order valence-corrected chi connectivity index (χ0v) is 15.1. The summed E-state index contributed by atoms with van der Waals surface area (Å²) in [5.41, 5.74) is 1.47. The van der Waals surface area contributed by atoms with Gasteiger partial charge in [0.2, 0.25) is 11.8 Å². The highest BCUT2D eigenvalue weighted by molar-refractivity contribution is 6.23. The summed E-state index contributed by atoms with van der Waals surface area (Å²) < 4.78 is 5.80. The Balaban J connectivity index is 1.45. The minimum Gasteiger partial charge on any atom is -0.373 e. The summed E-state index contributed by atoms with van der Waals surface area (Å²) in [5.74, 6) is -1.94. The zero-order valence-electron chi connectivity index (χ0n) is 15.1. The van der Waals surface area contributed by atoms with Gasteiger partial charge in [-0.2, -0.15) is 0 Å². The Morgan fingerprint density at radius 3 is 2.68 bits per heavy atom. The number of hydrogen-bond acceptors (Lipinski definition) is 7. The summed E-state index contributed by atoms with van der Waals surface area (Å²) in [6.07, 6.45) is 0.375. The molecule has 2 N–H and O–H groups in total. The zero-order chi connectivity index (χ0) is 19.4. The van der Waals surface area contributed by atoms with E-state index in [9.17, 15) is 19.2 Å². The number of hydrogen-bond donors (Lipinski definition) is 2. The molecule has 0 bridgehead atoms. The summed E-state index contributed by atoms with van der Waals surface area (Å²) in [7, 11) is 0. The molecule has 28 heavy (non-hydrogen) atoms. The van der Waals surface area contributed by atoms with Crippen molar-refractivity contribution in [3.63, 3.8) is 0 Å². The number of carbonyl (C=O) groups is 4. The van der Waals surface area contributed by atoms with Gasteiger partial charge in [0.1, 0.15) is 6.04 Å². The SMILES string of the molecule is O=C1CCC(N2C(=O)c3ccc(N4CCO[C@@H]5CNC[C@@H]54)cc3C2=O)C(=O)N1. The van der Waals surface area contributed by atoms with Crippen molar-refractivity contribution in [2.45, 2.75) is 31.0 Å². The number of fused-ring (bicyclic) bond motifs is 2. The topological polar surface area (TPSA) is 108 Å². The Hall–Kier alpha value is -2.78. The van der Waals surface area contributed by atoms with Crippen LogP contribution in [0, 0.1) is 0 Å². The Labute approximate surface area is 161 Å². The number of amides is 4. The first-order valence-corrected chi connectivity index (χ1v) is 9.49. The van der Waals surface area contributed by atoms with Crippen LogP contribution in [-0.4, -0.2) is 73.0 Å². The molecular weight excluding hydrogens is 364 g/mol. The van der Waals surface area contributed by atoms with E-state index in [2.05, 4.69) is 15.5 Å². The quantitative estimate of drug-likeness (QED) is 0.647. The summed E-state index contributed by atoms with van der Waals surface area (Å²) in [6, 6.07) is 4.48. The fourth-order valence-corrected chi connectivity index (χ4v) is 4.55. The van der Waals surface area contributed by atoms with Gasteiger partial charge in [0, 0.05) is 31.7 Å². The smallest absolute Gasteiger partial charge is 0.262 e. The molecule has 0 saturated carbocycles. The maximum atomic E-state index is 13.0. The second kappa shape index (κ2) is 6.39. The largest absolute Gasteiger partial charge is 0.373 e. The van der Waals surface area contributed by atoms with Gasteiger partial charge in [-0.05, 0) is 24.6 Å². The number of benzene rings is 1. The molecule has 1 aromatic carbocycles. The molecule has 3 atom stereocenters. The highest BCUT2D eigenvalue weighted by Crippen LogP contribution is 2.32. The molecule has 0 aromatic heterocycles. The number of rotatable bonds is 2. The van der Waals surface area contributed by atoms with E-state index in [1.165, 1.54) is 0 Å². The Bertz CT molecular complexity index is 900. The molecule has 0 radical (unpaired) electrons. The number of nitrogens with one attached hydrogen (secondary N) is 2. The van der Waals surface area contributed by atoms with Crippen LogP contribution in [0.25, 0.3) is 0 Å². The number of imide groups is 2. The number of nitrogens with zero attached hydrogens (tertiary/aromatic N) is 2. The van der Waals surface area contributed by atoms with E-state index in [4.69, 9.17) is 4.74 Å². The van der Waals surface area contributed by atoms with Crippen molar-refractivity contribution in [3.05, 3.63) is 29.3 Å². The predicted molar refractivity (Wildman–Crippen MR) is 96.9 cm³/mol. The third-order valence-electron chi connectivity index (χ3n) is 5.95. The number of ether oxygens (including phenoxy) is 1. The van der Waals surface area contributed by atoms with Crippen molar-refractivity contribution < 1.29 is 23.9 Å². The van der Waals surface area contributed by atoms with Crippen molar-refractivity contribution in [1.82, 2.24) is 15.5 Å². The molecule has 1 unspecified atom stereocenters. The fraction of sp³-hybridized carbons (Fsp3) is 0.474. The van der Waals surface area contributed by atoms with Gasteiger partial charge < -0.3 is 15.0 Å². The van der Waals surface area contributed by atoms with Gasteiger partial charge in [0.15, 0.2) is 0 Å². The lowest BCUT2D eigenvalue weighted by Gasteiger charge is -2.38. The van der Waals surface area contributed by atoms with Crippen LogP contribution in [0.3, 0.4) is 0 Å². The molecule has 4 aliphatic rings. The number of carbonyl (C=O) groups excluding carboxylic acids is 4. The van der Waals surface area contributed by atoms with E-state index >= 15 is 0 Å². The monoisotopic (exact) mass is 384 g/mol. The molecule has 4 heterocycles. The lowest BCUT2D eigenvalue weighted by molar-refractivity contribution is -0.136. The highest BCUT2D eigenvalue weighted by Gasteiger charge is 2.45. The number of piperidine rings is 1. The standard InChI is InChI=1S/C19H20N4O5/c24-16-4-3-13(17(25)21-16)23-18(26)11-2-1-10(7-12(11)19(23)27)22-5-6-28-15-9-20-8-14(15)22/h1-2,7,13-15,20H,3-6,8-9H2,(H,21,24,25)/t13?,14-,15+/m0/s1. The normalized spacial score (nSPS) is 29.8. The van der Waals surface area contributed by atoms with Crippen LogP contribution in [0.1, 0.15) is 33.6 Å². The molecule has 4 aliphatic heterocycles. The maximum absolute atomic E-state index is 13.0. The molecule has 1 aromatic rings. The minimum atomic E-state index is -0.944. The highest BCUT2D eigenvalue weighted by atomic mass is 16.5. The van der Waals surface area contributed by atoms with Gasteiger partial charge >= 0.3 is 0 Å². The summed E-state index contributed by atoms with van der Waals surface area (Å²) in [6.45, 7) is 2.92. The maximum Gasteiger partial charge on any atom is 0.262 e. The second-order valence-corrected chi connectivity index (χ2v) is 7.51. The average molecular weight is 384 g/mol. The van der Waals surface area contributed by atoms with Crippen LogP contribution in [0.4, 0.5) is 5.69 Å². The van der Waals surface area contributed by atoms with Crippen LogP contribution in [-0.2, 0) is 14.3 Å². The van der Waals surface area contributed by atoms with Gasteiger partial charge in [-0.1, -0.05) is 0 Å². The van der Waals surface area contributed by atoms with Crippen LogP contribution in [0.2, 0.25) is 0 Å². The van der Waals surface area contributed by atoms with Gasteiger partial charge in [-0.15, -0.1) is 0 Å². The molecule has 4 amide bonds. The van der Waals surface area contributed by atoms with Crippen molar-refractivity contribution in [2.75, 3.05) is 31.1 Å². The Morgan fingerprint density at radius 2 is 1.86 bits per heavy atom. The first-order chi connectivity index (χ1) is 13.5. The van der Waals surface area contributed by atoms with Crippen molar-refractivity contribution in [3.8, 4) is 0 Å². The van der Waals surface area contributed by atoms with E-state index in [0.29, 0.717) is 24.3 Å². The number of anilines is 1. The lowest BCUT2D eigenvalue weighted by Crippen LogP contribution is -2.54. The molecule has 0 spiro atoms. The first-order valence-electron chi connectivity index (χ1n) is 9.49. The molecule has 146 valence electrons. The third-order valence-corrected chi connectivity index (χ3v) is 5.95. The van der Waals surface area contributed by atoms with Gasteiger partial charge in [0.05, 0.1) is 29.9 Å². The molecule has 9 heteroatoms.